The van der Waals surface area contributed by atoms with Crippen LogP contribution in [0.2, 0.25) is 0 Å². The zero-order chi connectivity index (χ0) is 29.9. The Labute approximate surface area is 247 Å². The van der Waals surface area contributed by atoms with Gasteiger partial charge in [-0.25, -0.2) is 14.4 Å². The molecule has 0 bridgehead atoms. The molecule has 1 amide bonds. The van der Waals surface area contributed by atoms with E-state index in [0.29, 0.717) is 58.3 Å². The zero-order valence-corrected chi connectivity index (χ0v) is 24.1. The van der Waals surface area contributed by atoms with Crippen LogP contribution in [0.3, 0.4) is 0 Å². The molecule has 1 aromatic carbocycles. The first-order valence-corrected chi connectivity index (χ1v) is 14.0. The number of ether oxygens (including phenoxy) is 1. The Morgan fingerprint density at radius 1 is 1.07 bits per heavy atom. The highest BCUT2D eigenvalue weighted by Crippen LogP contribution is 2.35. The molecule has 10 nitrogen and oxygen atoms in total. The summed E-state index contributed by atoms with van der Waals surface area (Å²) >= 11 is 0. The maximum absolute atomic E-state index is 14.6. The van der Waals surface area contributed by atoms with Crippen molar-refractivity contribution in [1.29, 1.82) is 0 Å². The Hall–Kier alpha value is -5.16. The topological polar surface area (TPSA) is 125 Å². The molecule has 0 aliphatic carbocycles. The standard InChI is InChI=1S/C32H31FN8O2/c1-4-5-29(42)36-22-13-20(17-34-18-22)26-6-7-27-30(37-26)31(40-39-27)28-16-25-24(8-9-35-32(25)38-28)19-12-21(33)15-23(14-19)43-11-10-41(2)3/h6-9,12-18H,4-5,10-11H2,1-3H3,(H,35,38)(H,36,42)(H,39,40). The molecule has 3 N–H and O–H groups in total. The third kappa shape index (κ3) is 6.07. The molecule has 5 heterocycles. The maximum atomic E-state index is 14.6. The third-order valence-electron chi connectivity index (χ3n) is 6.98. The van der Waals surface area contributed by atoms with Gasteiger partial charge in [0.25, 0.3) is 0 Å². The monoisotopic (exact) mass is 578 g/mol. The van der Waals surface area contributed by atoms with Crippen molar-refractivity contribution >= 4 is 33.7 Å². The highest BCUT2D eigenvalue weighted by atomic mass is 19.1. The van der Waals surface area contributed by atoms with Crippen molar-refractivity contribution in [2.24, 2.45) is 0 Å². The van der Waals surface area contributed by atoms with Gasteiger partial charge in [0, 0.05) is 42.4 Å². The van der Waals surface area contributed by atoms with Gasteiger partial charge in [0.2, 0.25) is 5.91 Å². The van der Waals surface area contributed by atoms with Gasteiger partial charge in [0.05, 0.1) is 28.8 Å². The number of carbonyl (C=O) groups excluding carboxylic acids is 1. The Morgan fingerprint density at radius 2 is 1.95 bits per heavy atom. The summed E-state index contributed by atoms with van der Waals surface area (Å²) in [6.45, 7) is 3.13. The molecule has 6 aromatic rings. The number of aromatic amines is 2. The number of pyridine rings is 3. The summed E-state index contributed by atoms with van der Waals surface area (Å²) in [7, 11) is 3.92. The largest absolute Gasteiger partial charge is 0.492 e. The van der Waals surface area contributed by atoms with Gasteiger partial charge in [-0.3, -0.25) is 14.9 Å². The average Bonchev–Trinajstić information content (AvgIpc) is 3.60. The van der Waals surface area contributed by atoms with E-state index < -0.39 is 0 Å². The molecule has 0 saturated carbocycles. The number of likely N-dealkylation sites (N-methyl/N-ethyl adjacent to an activating group) is 1. The summed E-state index contributed by atoms with van der Waals surface area (Å²) in [6, 6.07) is 14.2. The predicted molar refractivity (Wildman–Crippen MR) is 165 cm³/mol. The molecule has 43 heavy (non-hydrogen) atoms. The molecule has 0 atom stereocenters. The molecule has 0 aliphatic rings. The summed E-state index contributed by atoms with van der Waals surface area (Å²) in [5.41, 5.74) is 6.95. The van der Waals surface area contributed by atoms with Gasteiger partial charge in [-0.05, 0) is 74.1 Å². The molecule has 218 valence electrons. The molecule has 0 unspecified atom stereocenters. The minimum Gasteiger partial charge on any atom is -0.492 e. The number of anilines is 1. The van der Waals surface area contributed by atoms with Crippen LogP contribution in [0.25, 0.3) is 55.8 Å². The van der Waals surface area contributed by atoms with Gasteiger partial charge in [-0.1, -0.05) is 6.92 Å². The first-order valence-electron chi connectivity index (χ1n) is 14.0. The van der Waals surface area contributed by atoms with E-state index >= 15 is 0 Å². The first-order chi connectivity index (χ1) is 20.9. The number of nitrogens with one attached hydrogen (secondary N) is 3. The van der Waals surface area contributed by atoms with E-state index in [1.54, 1.807) is 18.6 Å². The fourth-order valence-corrected chi connectivity index (χ4v) is 4.90. The van der Waals surface area contributed by atoms with Crippen molar-refractivity contribution in [2.75, 3.05) is 32.6 Å². The number of carbonyl (C=O) groups is 1. The van der Waals surface area contributed by atoms with Crippen LogP contribution in [0.15, 0.2) is 67.1 Å². The number of halogens is 1. The molecule has 0 aliphatic heterocycles. The highest BCUT2D eigenvalue weighted by molar-refractivity contribution is 5.99. The van der Waals surface area contributed by atoms with Gasteiger partial charge in [0.1, 0.15) is 35.0 Å². The van der Waals surface area contributed by atoms with Gasteiger partial charge in [-0.15, -0.1) is 0 Å². The number of aromatic nitrogens is 6. The van der Waals surface area contributed by atoms with Crippen molar-refractivity contribution in [3.8, 4) is 39.5 Å². The number of amides is 1. The number of benzene rings is 1. The smallest absolute Gasteiger partial charge is 0.224 e. The molecule has 0 spiro atoms. The van der Waals surface area contributed by atoms with Gasteiger partial charge in [-0.2, -0.15) is 5.10 Å². The second-order valence-electron chi connectivity index (χ2n) is 10.6. The quantitative estimate of drug-likeness (QED) is 0.181. The average molecular weight is 579 g/mol. The van der Waals surface area contributed by atoms with Crippen molar-refractivity contribution in [2.45, 2.75) is 19.8 Å². The first kappa shape index (κ1) is 28.0. The minimum atomic E-state index is -0.378. The van der Waals surface area contributed by atoms with Crippen LogP contribution in [0, 0.1) is 5.82 Å². The number of nitrogens with zero attached hydrogens (tertiary/aromatic N) is 5. The number of hydrogen-bond donors (Lipinski definition) is 3. The van der Waals surface area contributed by atoms with Gasteiger partial charge in [0.15, 0.2) is 0 Å². The molecule has 11 heteroatoms. The summed E-state index contributed by atoms with van der Waals surface area (Å²) in [5, 5.41) is 11.3. The highest BCUT2D eigenvalue weighted by Gasteiger charge is 2.17. The Bertz CT molecular complexity index is 1930. The van der Waals surface area contributed by atoms with Crippen LogP contribution >= 0.6 is 0 Å². The second-order valence-corrected chi connectivity index (χ2v) is 10.6. The molecule has 6 rings (SSSR count). The van der Waals surface area contributed by atoms with Crippen LogP contribution in [-0.4, -0.2) is 68.2 Å². The molecule has 0 saturated heterocycles. The summed E-state index contributed by atoms with van der Waals surface area (Å²) in [6.07, 6.45) is 6.22. The van der Waals surface area contributed by atoms with E-state index in [9.17, 15) is 9.18 Å². The van der Waals surface area contributed by atoms with Crippen LogP contribution in [0.1, 0.15) is 19.8 Å². The maximum Gasteiger partial charge on any atom is 0.224 e. The molecular formula is C32H31FN8O2. The van der Waals surface area contributed by atoms with Gasteiger partial charge >= 0.3 is 0 Å². The SMILES string of the molecule is CCCC(=O)Nc1cncc(-c2ccc3[nH]nc(-c4cc5c(-c6cc(F)cc(OCCN(C)C)c6)ccnc5[nH]4)c3n2)c1. The fourth-order valence-electron chi connectivity index (χ4n) is 4.90. The minimum absolute atomic E-state index is 0.0555. The van der Waals surface area contributed by atoms with Gasteiger partial charge < -0.3 is 19.9 Å². The van der Waals surface area contributed by atoms with E-state index in [0.717, 1.165) is 35.0 Å². The lowest BCUT2D eigenvalue weighted by Gasteiger charge is -2.12. The van der Waals surface area contributed by atoms with E-state index in [4.69, 9.17) is 9.72 Å². The predicted octanol–water partition coefficient (Wildman–Crippen LogP) is 6.05. The Morgan fingerprint density at radius 3 is 2.79 bits per heavy atom. The summed E-state index contributed by atoms with van der Waals surface area (Å²) in [5.74, 6) is 0.0350. The Kier molecular flexibility index (Phi) is 7.80. The van der Waals surface area contributed by atoms with E-state index in [1.807, 2.05) is 62.3 Å². The molecule has 0 radical (unpaired) electrons. The Balaban J connectivity index is 1.35. The molecule has 0 fully saturated rings. The molecule has 5 aromatic heterocycles. The summed E-state index contributed by atoms with van der Waals surface area (Å²) in [4.78, 5) is 31.2. The van der Waals surface area contributed by atoms with Crippen molar-refractivity contribution in [3.63, 3.8) is 0 Å². The number of H-pyrrole nitrogens is 2. The number of hydrogen-bond acceptors (Lipinski definition) is 7. The van der Waals surface area contributed by atoms with Crippen molar-refractivity contribution < 1.29 is 13.9 Å². The second kappa shape index (κ2) is 12.0. The normalized spacial score (nSPS) is 11.5. The molecular weight excluding hydrogens is 547 g/mol. The van der Waals surface area contributed by atoms with E-state index in [1.165, 1.54) is 12.1 Å². The van der Waals surface area contributed by atoms with E-state index in [-0.39, 0.29) is 11.7 Å². The third-order valence-corrected chi connectivity index (χ3v) is 6.98. The van der Waals surface area contributed by atoms with Crippen LogP contribution in [-0.2, 0) is 4.79 Å². The fraction of sp³-hybridized carbons (Fsp3) is 0.219. The zero-order valence-electron chi connectivity index (χ0n) is 24.1. The van der Waals surface area contributed by atoms with Crippen LogP contribution in [0.5, 0.6) is 5.75 Å². The number of rotatable bonds is 10. The van der Waals surface area contributed by atoms with Crippen molar-refractivity contribution in [1.82, 2.24) is 35.0 Å². The van der Waals surface area contributed by atoms with Crippen molar-refractivity contribution in [3.05, 3.63) is 72.9 Å². The van der Waals surface area contributed by atoms with Crippen LogP contribution < -0.4 is 10.1 Å². The van der Waals surface area contributed by atoms with Crippen LogP contribution in [0.4, 0.5) is 10.1 Å². The summed E-state index contributed by atoms with van der Waals surface area (Å²) < 4.78 is 20.5. The lowest BCUT2D eigenvalue weighted by atomic mass is 10.0. The lowest BCUT2D eigenvalue weighted by molar-refractivity contribution is -0.116. The lowest BCUT2D eigenvalue weighted by Crippen LogP contribution is -2.19. The van der Waals surface area contributed by atoms with E-state index in [2.05, 4.69) is 30.5 Å². The number of fused-ring (bicyclic) bond motifs is 2.